The molecule has 35 heavy (non-hydrogen) atoms. The van der Waals surface area contributed by atoms with E-state index < -0.39 is 0 Å². The van der Waals surface area contributed by atoms with E-state index in [0.717, 1.165) is 0 Å². The number of benzene rings is 2. The minimum absolute atomic E-state index is 0.231. The van der Waals surface area contributed by atoms with Gasteiger partial charge in [0.05, 0.1) is 0 Å². The van der Waals surface area contributed by atoms with Crippen molar-refractivity contribution in [3.05, 3.63) is 57.6 Å². The van der Waals surface area contributed by atoms with Crippen LogP contribution in [-0.2, 0) is 0 Å². The molecule has 0 aliphatic rings. The van der Waals surface area contributed by atoms with Crippen LogP contribution in [-0.4, -0.2) is 19.2 Å². The Hall–Kier alpha value is -0.700. The van der Waals surface area contributed by atoms with Crippen molar-refractivity contribution < 1.29 is 0 Å². The summed E-state index contributed by atoms with van der Waals surface area (Å²) in [5, 5.41) is 3.42. The van der Waals surface area contributed by atoms with Gasteiger partial charge in [-0.05, 0) is 98.7 Å². The van der Waals surface area contributed by atoms with Crippen molar-refractivity contribution in [3.63, 3.8) is 0 Å². The average molecular weight is 513 g/mol. The van der Waals surface area contributed by atoms with Crippen LogP contribution >= 0.6 is 15.8 Å². The Morgan fingerprint density at radius 3 is 0.829 bits per heavy atom. The molecule has 0 aliphatic carbocycles. The highest BCUT2D eigenvalue weighted by Crippen LogP contribution is 2.50. The number of hydrogen-bond acceptors (Lipinski definition) is 0. The van der Waals surface area contributed by atoms with E-state index in [1.807, 2.05) is 0 Å². The third-order valence-corrected chi connectivity index (χ3v) is 13.3. The standard InChI is InChI=1S/C33H54P2/c1-20(2)26-15-28(22(5)6)32(29(16-26)23(7)8)34(13)19-35(14)33-30(24(9)10)17-27(21(3)4)18-31(33)25(11)12/h15-18,20-25H,19H2,1-14H3. The molecule has 0 N–H and O–H groups in total. The summed E-state index contributed by atoms with van der Waals surface area (Å²) in [6, 6.07) is 10.2. The smallest absolute Gasteiger partial charge is 0.00445 e. The van der Waals surface area contributed by atoms with Crippen LogP contribution < -0.4 is 10.6 Å². The Kier molecular flexibility index (Phi) is 11.1. The zero-order valence-electron chi connectivity index (χ0n) is 25.4. The highest BCUT2D eigenvalue weighted by atomic mass is 31.2. The molecule has 2 rings (SSSR count). The molecule has 0 heterocycles. The van der Waals surface area contributed by atoms with Gasteiger partial charge in [0, 0.05) is 0 Å². The maximum atomic E-state index is 2.57. The first-order valence-corrected chi connectivity index (χ1v) is 17.9. The first-order valence-electron chi connectivity index (χ1n) is 13.9. The molecule has 2 heteroatoms. The zero-order valence-corrected chi connectivity index (χ0v) is 27.2. The van der Waals surface area contributed by atoms with Crippen LogP contribution in [0.2, 0.25) is 0 Å². The fourth-order valence-corrected chi connectivity index (χ4v) is 11.9. The van der Waals surface area contributed by atoms with E-state index >= 15 is 0 Å². The van der Waals surface area contributed by atoms with Gasteiger partial charge in [0.2, 0.25) is 0 Å². The predicted molar refractivity (Wildman–Crippen MR) is 167 cm³/mol. The van der Waals surface area contributed by atoms with Gasteiger partial charge in [-0.2, -0.15) is 0 Å². The molecule has 196 valence electrons. The highest BCUT2D eigenvalue weighted by Gasteiger charge is 2.26. The lowest BCUT2D eigenvalue weighted by molar-refractivity contribution is 0.813. The minimum atomic E-state index is -0.231. The van der Waals surface area contributed by atoms with Gasteiger partial charge in [0.15, 0.2) is 0 Å². The molecule has 0 bridgehead atoms. The Labute approximate surface area is 221 Å². The lowest BCUT2D eigenvalue weighted by Crippen LogP contribution is -2.22. The highest BCUT2D eigenvalue weighted by molar-refractivity contribution is 7.81. The van der Waals surface area contributed by atoms with E-state index in [4.69, 9.17) is 0 Å². The van der Waals surface area contributed by atoms with Crippen molar-refractivity contribution in [2.45, 2.75) is 119 Å². The topological polar surface area (TPSA) is 0 Å². The normalized spacial score (nSPS) is 14.3. The Morgan fingerprint density at radius 1 is 0.429 bits per heavy atom. The third-order valence-electron chi connectivity index (χ3n) is 7.39. The summed E-state index contributed by atoms with van der Waals surface area (Å²) in [6.07, 6.45) is 0. The molecular formula is C33H54P2. The second-order valence-electron chi connectivity index (χ2n) is 12.6. The summed E-state index contributed by atoms with van der Waals surface area (Å²) in [6.45, 7) is 33.6. The van der Waals surface area contributed by atoms with Crippen LogP contribution in [0.1, 0.15) is 152 Å². The molecule has 0 radical (unpaired) electrons. The molecular weight excluding hydrogens is 458 g/mol. The van der Waals surface area contributed by atoms with Crippen LogP contribution in [0.4, 0.5) is 0 Å². The predicted octanol–water partition coefficient (Wildman–Crippen LogP) is 10.6. The van der Waals surface area contributed by atoms with Crippen molar-refractivity contribution in [2.75, 3.05) is 19.2 Å². The SMILES string of the molecule is CC(C)c1cc(C(C)C)c(P(C)CP(C)c2c(C(C)C)cc(C(C)C)cc2C(C)C)c(C(C)C)c1. The van der Waals surface area contributed by atoms with E-state index in [0.29, 0.717) is 35.5 Å². The molecule has 0 aliphatic heterocycles. The molecule has 0 spiro atoms. The van der Waals surface area contributed by atoms with Gasteiger partial charge in [0.1, 0.15) is 0 Å². The van der Waals surface area contributed by atoms with Gasteiger partial charge in [-0.25, -0.2) is 0 Å². The summed E-state index contributed by atoms with van der Waals surface area (Å²) >= 11 is 0. The van der Waals surface area contributed by atoms with Gasteiger partial charge in [-0.3, -0.25) is 0 Å². The Balaban J connectivity index is 2.64. The zero-order chi connectivity index (χ0) is 26.8. The van der Waals surface area contributed by atoms with E-state index in [2.05, 4.69) is 121 Å². The van der Waals surface area contributed by atoms with Gasteiger partial charge in [-0.15, -0.1) is 0 Å². The maximum absolute atomic E-state index is 2.57. The van der Waals surface area contributed by atoms with E-state index in [-0.39, 0.29) is 15.8 Å². The first-order chi connectivity index (χ1) is 16.2. The van der Waals surface area contributed by atoms with Crippen LogP contribution in [0.5, 0.6) is 0 Å². The van der Waals surface area contributed by atoms with Crippen molar-refractivity contribution in [2.24, 2.45) is 0 Å². The van der Waals surface area contributed by atoms with Crippen molar-refractivity contribution in [1.82, 2.24) is 0 Å². The average Bonchev–Trinajstić information content (AvgIpc) is 2.76. The number of rotatable bonds is 10. The van der Waals surface area contributed by atoms with Crippen LogP contribution in [0.3, 0.4) is 0 Å². The summed E-state index contributed by atoms with van der Waals surface area (Å²) in [4.78, 5) is 0. The monoisotopic (exact) mass is 512 g/mol. The summed E-state index contributed by atoms with van der Waals surface area (Å²) < 4.78 is 0. The molecule has 2 aromatic carbocycles. The van der Waals surface area contributed by atoms with Crippen LogP contribution in [0.15, 0.2) is 24.3 Å². The van der Waals surface area contributed by atoms with Crippen molar-refractivity contribution >= 4 is 26.5 Å². The molecule has 0 saturated carbocycles. The molecule has 0 aromatic heterocycles. The second-order valence-corrected chi connectivity index (χ2v) is 17.4. The molecule has 0 nitrogen and oxygen atoms in total. The Bertz CT molecular complexity index is 841. The van der Waals surface area contributed by atoms with Gasteiger partial charge in [-0.1, -0.05) is 123 Å². The third kappa shape index (κ3) is 7.20. The van der Waals surface area contributed by atoms with Crippen molar-refractivity contribution in [3.8, 4) is 0 Å². The lowest BCUT2D eigenvalue weighted by Gasteiger charge is -2.31. The lowest BCUT2D eigenvalue weighted by atomic mass is 9.89. The fraction of sp³-hybridized carbons (Fsp3) is 0.636. The van der Waals surface area contributed by atoms with Crippen LogP contribution in [0, 0.1) is 0 Å². The van der Waals surface area contributed by atoms with Crippen LogP contribution in [0.25, 0.3) is 0 Å². The summed E-state index contributed by atoms with van der Waals surface area (Å²) in [5.74, 6) is 4.74. The van der Waals surface area contributed by atoms with E-state index in [1.54, 1.807) is 32.9 Å². The van der Waals surface area contributed by atoms with Crippen molar-refractivity contribution in [1.29, 1.82) is 0 Å². The fourth-order valence-electron chi connectivity index (χ4n) is 5.18. The quantitative estimate of drug-likeness (QED) is 0.278. The molecule has 2 unspecified atom stereocenters. The molecule has 0 fully saturated rings. The van der Waals surface area contributed by atoms with E-state index in [9.17, 15) is 0 Å². The largest absolute Gasteiger partial charge is 0.0732 e. The second kappa shape index (κ2) is 12.7. The van der Waals surface area contributed by atoms with E-state index in [1.165, 1.54) is 17.0 Å². The maximum Gasteiger partial charge on any atom is -0.00445 e. The first kappa shape index (κ1) is 30.5. The minimum Gasteiger partial charge on any atom is -0.0732 e. The number of hydrogen-bond donors (Lipinski definition) is 0. The molecule has 0 amide bonds. The Morgan fingerprint density at radius 2 is 0.657 bits per heavy atom. The molecule has 0 saturated heterocycles. The van der Waals surface area contributed by atoms with Gasteiger partial charge in [0.25, 0.3) is 0 Å². The summed E-state index contributed by atoms with van der Waals surface area (Å²) in [5.41, 5.74) is 9.47. The molecule has 2 atom stereocenters. The van der Waals surface area contributed by atoms with Gasteiger partial charge < -0.3 is 0 Å². The van der Waals surface area contributed by atoms with Gasteiger partial charge >= 0.3 is 0 Å². The molecule has 2 aromatic rings. The summed E-state index contributed by atoms with van der Waals surface area (Å²) in [7, 11) is -0.463.